The lowest BCUT2D eigenvalue weighted by Crippen LogP contribution is -2.39. The molecular formula is C33H52NO8P. The van der Waals surface area contributed by atoms with E-state index in [1.165, 1.54) is 23.8 Å². The summed E-state index contributed by atoms with van der Waals surface area (Å²) in [7, 11) is -2.71. The summed E-state index contributed by atoms with van der Waals surface area (Å²) in [5.74, 6) is 0.368. The molecule has 2 aromatic carbocycles. The predicted octanol–water partition coefficient (Wildman–Crippen LogP) is 6.94. The molecule has 0 fully saturated rings. The molecule has 0 saturated heterocycles. The fourth-order valence-corrected chi connectivity index (χ4v) is 4.63. The van der Waals surface area contributed by atoms with E-state index in [2.05, 4.69) is 24.3 Å². The molecule has 0 heterocycles. The quantitative estimate of drug-likeness (QED) is 0.0929. The average molecular weight is 622 g/mol. The van der Waals surface area contributed by atoms with Crippen LogP contribution in [0.15, 0.2) is 48.5 Å². The molecule has 1 unspecified atom stereocenters. The van der Waals surface area contributed by atoms with E-state index in [4.69, 9.17) is 18.7 Å². The number of amides is 1. The molecule has 1 amide bonds. The van der Waals surface area contributed by atoms with Crippen molar-refractivity contribution in [1.29, 1.82) is 0 Å². The van der Waals surface area contributed by atoms with E-state index in [0.29, 0.717) is 23.4 Å². The van der Waals surface area contributed by atoms with Crippen molar-refractivity contribution in [1.82, 2.24) is 4.90 Å². The summed E-state index contributed by atoms with van der Waals surface area (Å²) in [4.78, 5) is 14.5. The molecule has 2 aromatic rings. The van der Waals surface area contributed by atoms with Gasteiger partial charge in [0, 0.05) is 38.7 Å². The molecule has 0 aromatic heterocycles. The van der Waals surface area contributed by atoms with Crippen LogP contribution in [0.2, 0.25) is 0 Å². The van der Waals surface area contributed by atoms with E-state index in [-0.39, 0.29) is 19.9 Å². The van der Waals surface area contributed by atoms with Crippen molar-refractivity contribution in [2.75, 3.05) is 46.4 Å². The Morgan fingerprint density at radius 1 is 0.953 bits per heavy atom. The van der Waals surface area contributed by atoms with Gasteiger partial charge >= 0.3 is 6.09 Å². The van der Waals surface area contributed by atoms with Crippen LogP contribution >= 0.6 is 7.37 Å². The van der Waals surface area contributed by atoms with Crippen molar-refractivity contribution in [3.63, 3.8) is 0 Å². The fraction of sp³-hybridized carbons (Fsp3) is 0.606. The van der Waals surface area contributed by atoms with E-state index in [1.54, 1.807) is 18.2 Å². The van der Waals surface area contributed by atoms with E-state index in [9.17, 15) is 19.6 Å². The Hall–Kier alpha value is -2.42. The molecule has 0 aliphatic heterocycles. The number of rotatable bonds is 20. The summed E-state index contributed by atoms with van der Waals surface area (Å²) in [6, 6.07) is 15.4. The normalized spacial score (nSPS) is 12.6. The molecule has 10 heteroatoms. The number of hydrogen-bond acceptors (Lipinski definition) is 8. The van der Waals surface area contributed by atoms with E-state index in [1.807, 2.05) is 26.8 Å². The van der Waals surface area contributed by atoms with Gasteiger partial charge in [-0.1, -0.05) is 49.2 Å². The predicted molar refractivity (Wildman–Crippen MR) is 170 cm³/mol. The number of aliphatic hydroxyl groups is 2. The lowest BCUT2D eigenvalue weighted by atomic mass is 10.0. The molecule has 0 aliphatic rings. The van der Waals surface area contributed by atoms with Gasteiger partial charge in [-0.2, -0.15) is 0 Å². The van der Waals surface area contributed by atoms with Crippen LogP contribution in [0, 0.1) is 0 Å². The molecule has 0 aliphatic carbocycles. The SMILES string of the molecule is CC(C)(C)OC(=O)N(CCCCCCOCCCCc1ccccc1)CC(O)c1ccc(OCOP(C)(C)=O)c(CO)c1. The Bertz CT molecular complexity index is 1120. The second kappa shape index (κ2) is 19.1. The lowest BCUT2D eigenvalue weighted by molar-refractivity contribution is 0.0139. The van der Waals surface area contributed by atoms with E-state index in [0.717, 1.165) is 58.2 Å². The van der Waals surface area contributed by atoms with Crippen molar-refractivity contribution in [3.05, 3.63) is 65.2 Å². The Balaban J connectivity index is 1.79. The molecule has 2 N–H and O–H groups in total. The number of hydrogen-bond donors (Lipinski definition) is 2. The minimum atomic E-state index is -2.71. The van der Waals surface area contributed by atoms with E-state index < -0.39 is 25.2 Å². The molecule has 0 spiro atoms. The van der Waals surface area contributed by atoms with Gasteiger partial charge in [-0.25, -0.2) is 4.79 Å². The molecule has 2 rings (SSSR count). The zero-order valence-electron chi connectivity index (χ0n) is 26.6. The van der Waals surface area contributed by atoms with Gasteiger partial charge in [-0.3, -0.25) is 9.09 Å². The number of benzene rings is 2. The van der Waals surface area contributed by atoms with Crippen LogP contribution in [-0.2, 0) is 31.6 Å². The summed E-state index contributed by atoms with van der Waals surface area (Å²) in [5.41, 5.74) is 1.68. The second-order valence-corrected chi connectivity index (χ2v) is 14.8. The van der Waals surface area contributed by atoms with Crippen molar-refractivity contribution in [2.24, 2.45) is 0 Å². The van der Waals surface area contributed by atoms with Crippen molar-refractivity contribution in [2.45, 2.75) is 84.0 Å². The third kappa shape index (κ3) is 16.3. The highest BCUT2D eigenvalue weighted by molar-refractivity contribution is 7.57. The molecule has 9 nitrogen and oxygen atoms in total. The third-order valence-corrected chi connectivity index (χ3v) is 7.30. The number of ether oxygens (including phenoxy) is 3. The largest absolute Gasteiger partial charge is 0.467 e. The van der Waals surface area contributed by atoms with Gasteiger partial charge in [0.2, 0.25) is 0 Å². The first-order chi connectivity index (χ1) is 20.4. The highest BCUT2D eigenvalue weighted by Crippen LogP contribution is 2.37. The Labute approximate surface area is 257 Å². The average Bonchev–Trinajstić information content (AvgIpc) is 2.94. The fourth-order valence-electron chi connectivity index (χ4n) is 4.33. The minimum Gasteiger partial charge on any atom is -0.467 e. The first-order valence-corrected chi connectivity index (χ1v) is 17.7. The highest BCUT2D eigenvalue weighted by atomic mass is 31.2. The monoisotopic (exact) mass is 621 g/mol. The maximum atomic E-state index is 13.0. The van der Waals surface area contributed by atoms with Crippen molar-refractivity contribution < 1.29 is 38.3 Å². The Morgan fingerprint density at radius 3 is 2.28 bits per heavy atom. The molecule has 1 atom stereocenters. The van der Waals surface area contributed by atoms with Gasteiger partial charge < -0.3 is 29.3 Å². The second-order valence-electron chi connectivity index (χ2n) is 12.1. The molecule has 0 saturated carbocycles. The molecule has 0 bridgehead atoms. The first-order valence-electron chi connectivity index (χ1n) is 15.2. The van der Waals surface area contributed by atoms with Gasteiger partial charge in [-0.15, -0.1) is 0 Å². The highest BCUT2D eigenvalue weighted by Gasteiger charge is 2.25. The number of nitrogens with zero attached hydrogens (tertiary/aromatic N) is 1. The van der Waals surface area contributed by atoms with Crippen LogP contribution in [0.5, 0.6) is 5.75 Å². The van der Waals surface area contributed by atoms with Gasteiger partial charge in [0.25, 0.3) is 0 Å². The maximum Gasteiger partial charge on any atom is 0.410 e. The van der Waals surface area contributed by atoms with Crippen molar-refractivity contribution >= 4 is 13.5 Å². The zero-order valence-corrected chi connectivity index (χ0v) is 27.5. The topological polar surface area (TPSA) is 115 Å². The first kappa shape index (κ1) is 36.8. The Morgan fingerprint density at radius 2 is 1.63 bits per heavy atom. The minimum absolute atomic E-state index is 0.0457. The molecule has 43 heavy (non-hydrogen) atoms. The summed E-state index contributed by atoms with van der Waals surface area (Å²) < 4.78 is 33.8. The standard InChI is InChI=1S/C33H52NO8P/c1-33(2,3)42-32(37)34(20-12-6-7-13-21-39-22-14-11-17-27-15-9-8-10-16-27)24-30(36)28-18-19-31(29(23-28)25-35)40-26-41-43(4,5)38/h8-10,15-16,18-19,23,30,35-36H,6-7,11-14,17,20-22,24-26H2,1-5H3. The lowest BCUT2D eigenvalue weighted by Gasteiger charge is -2.29. The van der Waals surface area contributed by atoms with Crippen LogP contribution in [0.4, 0.5) is 4.79 Å². The number of carbonyl (C=O) groups excluding carboxylic acids is 1. The van der Waals surface area contributed by atoms with Gasteiger partial charge in [-0.05, 0) is 76.1 Å². The number of carbonyl (C=O) groups is 1. The third-order valence-electron chi connectivity index (χ3n) is 6.58. The summed E-state index contributed by atoms with van der Waals surface area (Å²) in [6.07, 6.45) is 5.43. The number of aliphatic hydroxyl groups excluding tert-OH is 2. The smallest absolute Gasteiger partial charge is 0.410 e. The molecule has 0 radical (unpaired) electrons. The van der Waals surface area contributed by atoms with E-state index >= 15 is 0 Å². The van der Waals surface area contributed by atoms with Gasteiger partial charge in [0.05, 0.1) is 19.3 Å². The van der Waals surface area contributed by atoms with Crippen LogP contribution in [0.1, 0.15) is 82.1 Å². The van der Waals surface area contributed by atoms with Crippen LogP contribution in [0.25, 0.3) is 0 Å². The summed E-state index contributed by atoms with van der Waals surface area (Å²) >= 11 is 0. The van der Waals surface area contributed by atoms with Crippen molar-refractivity contribution in [3.8, 4) is 5.75 Å². The summed E-state index contributed by atoms with van der Waals surface area (Å²) in [6.45, 7) is 9.88. The Kier molecular flexibility index (Phi) is 16.3. The van der Waals surface area contributed by atoms with Gasteiger partial charge in [0.15, 0.2) is 14.2 Å². The maximum absolute atomic E-state index is 13.0. The molecular weight excluding hydrogens is 569 g/mol. The number of aryl methyl sites for hydroxylation is 1. The van der Waals surface area contributed by atoms with Crippen LogP contribution < -0.4 is 4.74 Å². The number of unbranched alkanes of at least 4 members (excludes halogenated alkanes) is 4. The zero-order chi connectivity index (χ0) is 31.7. The molecule has 242 valence electrons. The summed E-state index contributed by atoms with van der Waals surface area (Å²) in [5, 5.41) is 20.8. The van der Waals surface area contributed by atoms with Crippen LogP contribution in [-0.4, -0.2) is 73.2 Å². The van der Waals surface area contributed by atoms with Gasteiger partial charge in [0.1, 0.15) is 11.4 Å². The van der Waals surface area contributed by atoms with Crippen LogP contribution in [0.3, 0.4) is 0 Å².